The topological polar surface area (TPSA) is 82.8 Å². The molecular formula is C15H23ClN2O4. The van der Waals surface area contributed by atoms with Gasteiger partial charge in [0.05, 0.1) is 25.7 Å². The maximum atomic E-state index is 11.8. The summed E-state index contributed by atoms with van der Waals surface area (Å²) in [5.74, 6) is 1.40. The number of ether oxygens (including phenoxy) is 3. The van der Waals surface area contributed by atoms with Gasteiger partial charge in [-0.05, 0) is 17.7 Å². The second-order valence-electron chi connectivity index (χ2n) is 4.91. The molecule has 1 heterocycles. The number of methoxy groups -OCH3 is 1. The lowest BCUT2D eigenvalue weighted by molar-refractivity contribution is -0.123. The Labute approximate surface area is 136 Å². The van der Waals surface area contributed by atoms with E-state index >= 15 is 0 Å². The number of hydrogen-bond acceptors (Lipinski definition) is 5. The van der Waals surface area contributed by atoms with Crippen molar-refractivity contribution in [1.82, 2.24) is 5.32 Å². The molecule has 0 radical (unpaired) electrons. The van der Waals surface area contributed by atoms with Gasteiger partial charge in [0.1, 0.15) is 0 Å². The molecule has 3 N–H and O–H groups in total. The highest BCUT2D eigenvalue weighted by molar-refractivity contribution is 5.85. The zero-order chi connectivity index (χ0) is 15.1. The van der Waals surface area contributed by atoms with Crippen molar-refractivity contribution in [2.24, 2.45) is 5.73 Å². The minimum Gasteiger partial charge on any atom is -0.490 e. The monoisotopic (exact) mass is 330 g/mol. The highest BCUT2D eigenvalue weighted by Gasteiger charge is 2.13. The minimum absolute atomic E-state index is 0. The largest absolute Gasteiger partial charge is 0.490 e. The molecule has 1 amide bonds. The third kappa shape index (κ3) is 5.36. The molecule has 1 unspecified atom stereocenters. The summed E-state index contributed by atoms with van der Waals surface area (Å²) >= 11 is 0. The van der Waals surface area contributed by atoms with Gasteiger partial charge in [0, 0.05) is 26.6 Å². The predicted molar refractivity (Wildman–Crippen MR) is 85.6 cm³/mol. The molecule has 1 aromatic carbocycles. The fraction of sp³-hybridized carbons (Fsp3) is 0.533. The molecule has 1 aliphatic rings. The molecule has 1 aliphatic heterocycles. The summed E-state index contributed by atoms with van der Waals surface area (Å²) in [6.45, 7) is 2.08. The second-order valence-corrected chi connectivity index (χ2v) is 4.91. The van der Waals surface area contributed by atoms with E-state index in [2.05, 4.69) is 5.32 Å². The molecule has 1 aromatic rings. The summed E-state index contributed by atoms with van der Waals surface area (Å²) in [5.41, 5.74) is 6.46. The van der Waals surface area contributed by atoms with Crippen molar-refractivity contribution in [1.29, 1.82) is 0 Å². The molecule has 124 valence electrons. The molecule has 1 atom stereocenters. The second kappa shape index (κ2) is 9.50. The minimum atomic E-state index is -0.242. The smallest absolute Gasteiger partial charge is 0.222 e. The Morgan fingerprint density at radius 2 is 2.09 bits per heavy atom. The SMILES string of the molecule is COC(CN)CC(=O)NCc1ccc2c(c1)OCCCO2.Cl. The van der Waals surface area contributed by atoms with Crippen LogP contribution in [0, 0.1) is 0 Å². The molecule has 0 saturated heterocycles. The number of hydrogen-bond donors (Lipinski definition) is 2. The van der Waals surface area contributed by atoms with Crippen molar-refractivity contribution in [3.8, 4) is 11.5 Å². The van der Waals surface area contributed by atoms with Gasteiger partial charge in [-0.15, -0.1) is 12.4 Å². The first-order chi connectivity index (χ1) is 10.2. The molecule has 0 bridgehead atoms. The Morgan fingerprint density at radius 1 is 1.36 bits per heavy atom. The first-order valence-electron chi connectivity index (χ1n) is 7.11. The highest BCUT2D eigenvalue weighted by Crippen LogP contribution is 2.30. The van der Waals surface area contributed by atoms with E-state index in [0.717, 1.165) is 23.5 Å². The molecule has 7 heteroatoms. The summed E-state index contributed by atoms with van der Waals surface area (Å²) in [5, 5.41) is 2.85. The lowest BCUT2D eigenvalue weighted by Gasteiger charge is -2.13. The van der Waals surface area contributed by atoms with Gasteiger partial charge in [0.25, 0.3) is 0 Å². The van der Waals surface area contributed by atoms with E-state index in [0.29, 0.717) is 26.3 Å². The number of nitrogens with two attached hydrogens (primary N) is 1. The van der Waals surface area contributed by atoms with Crippen LogP contribution in [0.25, 0.3) is 0 Å². The number of benzene rings is 1. The molecule has 0 fully saturated rings. The summed E-state index contributed by atoms with van der Waals surface area (Å²) in [7, 11) is 1.55. The fourth-order valence-electron chi connectivity index (χ4n) is 2.06. The van der Waals surface area contributed by atoms with E-state index in [4.69, 9.17) is 19.9 Å². The Kier molecular flexibility index (Phi) is 8.01. The lowest BCUT2D eigenvalue weighted by atomic mass is 10.2. The summed E-state index contributed by atoms with van der Waals surface area (Å²) in [4.78, 5) is 11.8. The van der Waals surface area contributed by atoms with Crippen LogP contribution < -0.4 is 20.5 Å². The van der Waals surface area contributed by atoms with Crippen molar-refractivity contribution in [2.75, 3.05) is 26.9 Å². The molecule has 2 rings (SSSR count). The summed E-state index contributed by atoms with van der Waals surface area (Å²) < 4.78 is 16.3. The van der Waals surface area contributed by atoms with Gasteiger partial charge >= 0.3 is 0 Å². The third-order valence-corrected chi connectivity index (χ3v) is 3.31. The average Bonchev–Trinajstić information content (AvgIpc) is 2.75. The van der Waals surface area contributed by atoms with Gasteiger partial charge in [-0.3, -0.25) is 4.79 Å². The number of rotatable bonds is 6. The Balaban J connectivity index is 0.00000242. The number of halogens is 1. The predicted octanol–water partition coefficient (Wildman–Crippen LogP) is 1.25. The van der Waals surface area contributed by atoms with Gasteiger partial charge in [-0.25, -0.2) is 0 Å². The molecule has 0 aliphatic carbocycles. The van der Waals surface area contributed by atoms with Crippen molar-refractivity contribution < 1.29 is 19.0 Å². The molecule has 22 heavy (non-hydrogen) atoms. The van der Waals surface area contributed by atoms with E-state index in [9.17, 15) is 4.79 Å². The van der Waals surface area contributed by atoms with Gasteiger partial charge in [-0.2, -0.15) is 0 Å². The van der Waals surface area contributed by atoms with Crippen LogP contribution in [0.3, 0.4) is 0 Å². The number of fused-ring (bicyclic) bond motifs is 1. The van der Waals surface area contributed by atoms with Gasteiger partial charge in [0.15, 0.2) is 11.5 Å². The third-order valence-electron chi connectivity index (χ3n) is 3.31. The van der Waals surface area contributed by atoms with Gasteiger partial charge in [0.2, 0.25) is 5.91 Å². The Morgan fingerprint density at radius 3 is 2.77 bits per heavy atom. The van der Waals surface area contributed by atoms with E-state index in [1.165, 1.54) is 0 Å². The van der Waals surface area contributed by atoms with Crippen molar-refractivity contribution in [2.45, 2.75) is 25.5 Å². The van der Waals surface area contributed by atoms with E-state index < -0.39 is 0 Å². The van der Waals surface area contributed by atoms with Crippen molar-refractivity contribution >= 4 is 18.3 Å². The lowest BCUT2D eigenvalue weighted by Crippen LogP contribution is -2.31. The van der Waals surface area contributed by atoms with Crippen LogP contribution in [0.15, 0.2) is 18.2 Å². The van der Waals surface area contributed by atoms with Crippen LogP contribution in [0.5, 0.6) is 11.5 Å². The van der Waals surface area contributed by atoms with Crippen LogP contribution in [-0.4, -0.2) is 38.9 Å². The Hall–Kier alpha value is -1.50. The number of amides is 1. The molecule has 6 nitrogen and oxygen atoms in total. The molecule has 0 aromatic heterocycles. The maximum absolute atomic E-state index is 11.8. The van der Waals surface area contributed by atoms with E-state index in [1.54, 1.807) is 7.11 Å². The van der Waals surface area contributed by atoms with Crippen LogP contribution in [0.4, 0.5) is 0 Å². The average molecular weight is 331 g/mol. The quantitative estimate of drug-likeness (QED) is 0.820. The normalized spacial score (nSPS) is 14.5. The number of carbonyl (C=O) groups is 1. The molecular weight excluding hydrogens is 308 g/mol. The van der Waals surface area contributed by atoms with Gasteiger partial charge in [-0.1, -0.05) is 6.07 Å². The zero-order valence-corrected chi connectivity index (χ0v) is 13.5. The van der Waals surface area contributed by atoms with E-state index in [-0.39, 0.29) is 30.8 Å². The summed E-state index contributed by atoms with van der Waals surface area (Å²) in [6.07, 6.45) is 0.893. The Bertz CT molecular complexity index is 481. The molecule has 0 spiro atoms. The fourth-order valence-corrected chi connectivity index (χ4v) is 2.06. The standard InChI is InChI=1S/C15H22N2O4.ClH/c1-19-12(9-16)8-15(18)17-10-11-3-4-13-14(7-11)21-6-2-5-20-13;/h3-4,7,12H,2,5-6,8-10,16H2,1H3,(H,17,18);1H. The van der Waals surface area contributed by atoms with Crippen LogP contribution >= 0.6 is 12.4 Å². The van der Waals surface area contributed by atoms with Crippen LogP contribution in [-0.2, 0) is 16.1 Å². The van der Waals surface area contributed by atoms with Crippen LogP contribution in [0.2, 0.25) is 0 Å². The zero-order valence-electron chi connectivity index (χ0n) is 12.7. The van der Waals surface area contributed by atoms with E-state index in [1.807, 2.05) is 18.2 Å². The first kappa shape index (κ1) is 18.5. The number of nitrogens with one attached hydrogen (secondary N) is 1. The summed E-state index contributed by atoms with van der Waals surface area (Å²) in [6, 6.07) is 5.70. The first-order valence-corrected chi connectivity index (χ1v) is 7.11. The van der Waals surface area contributed by atoms with Crippen molar-refractivity contribution in [3.63, 3.8) is 0 Å². The van der Waals surface area contributed by atoms with Gasteiger partial charge < -0.3 is 25.3 Å². The molecule has 0 saturated carbocycles. The van der Waals surface area contributed by atoms with Crippen molar-refractivity contribution in [3.05, 3.63) is 23.8 Å². The number of carbonyl (C=O) groups excluding carboxylic acids is 1. The van der Waals surface area contributed by atoms with Crippen LogP contribution in [0.1, 0.15) is 18.4 Å². The highest BCUT2D eigenvalue weighted by atomic mass is 35.5. The maximum Gasteiger partial charge on any atom is 0.222 e.